The van der Waals surface area contributed by atoms with Gasteiger partial charge in [0.15, 0.2) is 0 Å². The van der Waals surface area contributed by atoms with E-state index in [0.717, 1.165) is 78.8 Å². The van der Waals surface area contributed by atoms with E-state index in [1.165, 1.54) is 28.7 Å². The number of ether oxygens (including phenoxy) is 1. The monoisotopic (exact) mass is 559 g/mol. The molecular formula is C40H49NO. The van der Waals surface area contributed by atoms with Gasteiger partial charge < -0.3 is 4.74 Å². The smallest absolute Gasteiger partial charge is 0.126 e. The van der Waals surface area contributed by atoms with Crippen molar-refractivity contribution in [2.75, 3.05) is 0 Å². The third-order valence-corrected chi connectivity index (χ3v) is 8.23. The molecule has 0 fully saturated rings. The molecule has 0 spiro atoms. The predicted molar refractivity (Wildman–Crippen MR) is 181 cm³/mol. The molecule has 3 aromatic carbocycles. The number of aliphatic imine (C=N–C) groups is 1. The Labute approximate surface area is 255 Å². The minimum atomic E-state index is -0.139. The van der Waals surface area contributed by atoms with Crippen LogP contribution in [0.1, 0.15) is 102 Å². The number of fused-ring (bicyclic) bond motifs is 1. The molecule has 1 atom stereocenters. The van der Waals surface area contributed by atoms with Crippen LogP contribution >= 0.6 is 0 Å². The Morgan fingerprint density at radius 1 is 0.786 bits per heavy atom. The minimum Gasteiger partial charge on any atom is -0.487 e. The summed E-state index contributed by atoms with van der Waals surface area (Å²) in [6, 6.07) is 25.3. The summed E-state index contributed by atoms with van der Waals surface area (Å²) in [5.41, 5.74) is 10.9. The normalized spacial score (nSPS) is 16.8. The average molecular weight is 560 g/mol. The lowest BCUT2D eigenvalue weighted by Gasteiger charge is -2.37. The maximum Gasteiger partial charge on any atom is 0.126 e. The Kier molecular flexibility index (Phi) is 11.2. The van der Waals surface area contributed by atoms with E-state index in [9.17, 15) is 0 Å². The molecule has 0 N–H and O–H groups in total. The Hall–Kier alpha value is -3.65. The van der Waals surface area contributed by atoms with Crippen LogP contribution in [0.25, 0.3) is 0 Å². The van der Waals surface area contributed by atoms with Gasteiger partial charge in [-0.2, -0.15) is 0 Å². The highest BCUT2D eigenvalue weighted by Crippen LogP contribution is 2.40. The van der Waals surface area contributed by atoms with E-state index in [1.54, 1.807) is 0 Å². The van der Waals surface area contributed by atoms with E-state index >= 15 is 0 Å². The highest BCUT2D eigenvalue weighted by Gasteiger charge is 2.32. The lowest BCUT2D eigenvalue weighted by atomic mass is 9.87. The largest absolute Gasteiger partial charge is 0.487 e. The van der Waals surface area contributed by atoms with E-state index in [4.69, 9.17) is 9.73 Å². The number of hydrogen-bond donors (Lipinski definition) is 0. The van der Waals surface area contributed by atoms with Crippen molar-refractivity contribution in [2.24, 2.45) is 4.99 Å². The van der Waals surface area contributed by atoms with Crippen molar-refractivity contribution in [3.05, 3.63) is 130 Å². The summed E-state index contributed by atoms with van der Waals surface area (Å²) in [5.74, 6) is 1.05. The first-order chi connectivity index (χ1) is 20.2. The van der Waals surface area contributed by atoms with Gasteiger partial charge in [-0.1, -0.05) is 95.6 Å². The molecule has 1 aliphatic heterocycles. The number of hydrogen-bond acceptors (Lipinski definition) is 2. The Bertz CT molecular complexity index is 1400. The highest BCUT2D eigenvalue weighted by atomic mass is 16.5. The molecule has 0 aromatic heterocycles. The molecule has 0 aliphatic carbocycles. The van der Waals surface area contributed by atoms with E-state index in [0.29, 0.717) is 0 Å². The van der Waals surface area contributed by atoms with Crippen LogP contribution in [0.3, 0.4) is 0 Å². The molecule has 0 radical (unpaired) electrons. The number of aryl methyl sites for hydroxylation is 2. The first kappa shape index (κ1) is 31.3. The molecule has 0 amide bonds. The summed E-state index contributed by atoms with van der Waals surface area (Å²) < 4.78 is 6.74. The van der Waals surface area contributed by atoms with Crippen molar-refractivity contribution in [1.29, 1.82) is 0 Å². The molecular weight excluding hydrogens is 510 g/mol. The minimum absolute atomic E-state index is 0.139. The molecule has 4 rings (SSSR count). The van der Waals surface area contributed by atoms with Gasteiger partial charge in [-0.25, -0.2) is 4.99 Å². The average Bonchev–Trinajstić information content (AvgIpc) is 2.97. The number of allylic oxidation sites excluding steroid dienone is 6. The van der Waals surface area contributed by atoms with E-state index in [-0.39, 0.29) is 5.60 Å². The van der Waals surface area contributed by atoms with Crippen molar-refractivity contribution in [3.63, 3.8) is 0 Å². The lowest BCUT2D eigenvalue weighted by Crippen LogP contribution is -2.36. The molecule has 0 bridgehead atoms. The van der Waals surface area contributed by atoms with E-state index in [1.807, 2.05) is 12.1 Å². The van der Waals surface area contributed by atoms with Gasteiger partial charge in [-0.15, -0.1) is 0 Å². The van der Waals surface area contributed by atoms with Gasteiger partial charge >= 0.3 is 0 Å². The summed E-state index contributed by atoms with van der Waals surface area (Å²) >= 11 is 0. The number of rotatable bonds is 12. The second-order valence-corrected chi connectivity index (χ2v) is 12.5. The van der Waals surface area contributed by atoms with Crippen LogP contribution in [0, 0.1) is 6.92 Å². The molecule has 0 saturated carbocycles. The summed E-state index contributed by atoms with van der Waals surface area (Å²) in [6.07, 6.45) is 15.9. The summed E-state index contributed by atoms with van der Waals surface area (Å²) in [6.45, 7) is 13.3. The fourth-order valence-electron chi connectivity index (χ4n) is 5.67. The van der Waals surface area contributed by atoms with Crippen LogP contribution in [0.15, 0.2) is 113 Å². The van der Waals surface area contributed by atoms with E-state index < -0.39 is 0 Å². The maximum atomic E-state index is 6.74. The van der Waals surface area contributed by atoms with Crippen LogP contribution in [0.5, 0.6) is 5.75 Å². The summed E-state index contributed by atoms with van der Waals surface area (Å²) in [5, 5.41) is 0. The fraction of sp³-hybridized carbons (Fsp3) is 0.375. The van der Waals surface area contributed by atoms with Crippen LogP contribution in [-0.4, -0.2) is 11.3 Å². The quantitative estimate of drug-likeness (QED) is 0.160. The standard InChI is InChI=1S/C40H49NO/c1-30(2)16-13-17-31(3)18-14-19-32(4)20-15-26-40(6)27-25-36-29-37(28-33(5)39(36)42-40)41-38(34-21-9-7-10-22-34)35-23-11-8-12-24-35/h7-12,16,18,20-24,28-29H,13-15,17,19,25-27H2,1-6H3/b31-18+,32-20+. The summed E-state index contributed by atoms with van der Waals surface area (Å²) in [7, 11) is 0. The molecule has 2 heteroatoms. The second kappa shape index (κ2) is 15.0. The van der Waals surface area contributed by atoms with Gasteiger partial charge in [0.2, 0.25) is 0 Å². The highest BCUT2D eigenvalue weighted by molar-refractivity contribution is 6.13. The first-order valence-electron chi connectivity index (χ1n) is 15.7. The van der Waals surface area contributed by atoms with E-state index in [2.05, 4.69) is 120 Å². The van der Waals surface area contributed by atoms with Crippen LogP contribution in [0.2, 0.25) is 0 Å². The molecule has 2 nitrogen and oxygen atoms in total. The van der Waals surface area contributed by atoms with Crippen LogP contribution in [-0.2, 0) is 6.42 Å². The van der Waals surface area contributed by atoms with Crippen LogP contribution < -0.4 is 4.74 Å². The third-order valence-electron chi connectivity index (χ3n) is 8.23. The molecule has 0 saturated heterocycles. The molecule has 220 valence electrons. The second-order valence-electron chi connectivity index (χ2n) is 12.5. The molecule has 42 heavy (non-hydrogen) atoms. The zero-order valence-electron chi connectivity index (χ0n) is 26.7. The first-order valence-corrected chi connectivity index (χ1v) is 15.7. The Morgan fingerprint density at radius 2 is 1.36 bits per heavy atom. The SMILES string of the molecule is CC(C)=CCC/C(C)=C/CC/C(C)=C/CCC1(C)CCc2cc(N=C(c3ccccc3)c3ccccc3)cc(C)c2O1. The third kappa shape index (κ3) is 9.18. The van der Waals surface area contributed by atoms with Crippen LogP contribution in [0.4, 0.5) is 5.69 Å². The maximum absolute atomic E-state index is 6.74. The van der Waals surface area contributed by atoms with Gasteiger partial charge in [0, 0.05) is 11.1 Å². The van der Waals surface area contributed by atoms with Gasteiger partial charge in [0.05, 0.1) is 11.4 Å². The Balaban J connectivity index is 1.39. The molecule has 1 unspecified atom stereocenters. The fourth-order valence-corrected chi connectivity index (χ4v) is 5.67. The zero-order chi connectivity index (χ0) is 30.0. The van der Waals surface area contributed by atoms with Crippen molar-refractivity contribution in [1.82, 2.24) is 0 Å². The van der Waals surface area contributed by atoms with Crippen molar-refractivity contribution in [3.8, 4) is 5.75 Å². The molecule has 1 heterocycles. The lowest BCUT2D eigenvalue weighted by molar-refractivity contribution is 0.0563. The number of benzene rings is 3. The zero-order valence-corrected chi connectivity index (χ0v) is 26.7. The van der Waals surface area contributed by atoms with Gasteiger partial charge in [0.1, 0.15) is 11.4 Å². The molecule has 3 aromatic rings. The topological polar surface area (TPSA) is 21.6 Å². The van der Waals surface area contributed by atoms with Gasteiger partial charge in [0.25, 0.3) is 0 Å². The van der Waals surface area contributed by atoms with Gasteiger partial charge in [-0.05, 0) is 116 Å². The van der Waals surface area contributed by atoms with Gasteiger partial charge in [-0.3, -0.25) is 0 Å². The number of nitrogens with zero attached hydrogens (tertiary/aromatic N) is 1. The van der Waals surface area contributed by atoms with Crippen molar-refractivity contribution < 1.29 is 4.74 Å². The Morgan fingerprint density at radius 3 is 1.95 bits per heavy atom. The molecule has 1 aliphatic rings. The summed E-state index contributed by atoms with van der Waals surface area (Å²) in [4.78, 5) is 5.18. The van der Waals surface area contributed by atoms with Crippen molar-refractivity contribution >= 4 is 11.4 Å². The predicted octanol–water partition coefficient (Wildman–Crippen LogP) is 11.4. The van der Waals surface area contributed by atoms with Crippen molar-refractivity contribution in [2.45, 2.75) is 98.5 Å².